The highest BCUT2D eigenvalue weighted by atomic mass is 32.2. The summed E-state index contributed by atoms with van der Waals surface area (Å²) in [5.74, 6) is -0.541. The van der Waals surface area contributed by atoms with Gasteiger partial charge in [0, 0.05) is 32.4 Å². The first-order valence-corrected chi connectivity index (χ1v) is 12.3. The summed E-state index contributed by atoms with van der Waals surface area (Å²) >= 11 is 0. The lowest BCUT2D eigenvalue weighted by molar-refractivity contribution is -0.275. The fourth-order valence-corrected chi connectivity index (χ4v) is 5.75. The molecule has 0 bridgehead atoms. The van der Waals surface area contributed by atoms with E-state index in [2.05, 4.69) is 14.7 Å². The summed E-state index contributed by atoms with van der Waals surface area (Å²) in [4.78, 5) is 9.25. The Morgan fingerprint density at radius 2 is 1.92 bits per heavy atom. The molecule has 1 aromatic heterocycles. The zero-order valence-electron chi connectivity index (χ0n) is 20.1. The normalized spacial score (nSPS) is 19.9. The number of sulfonamides is 1. The van der Waals surface area contributed by atoms with Gasteiger partial charge >= 0.3 is 6.36 Å². The molecule has 2 aromatic rings. The molecule has 0 radical (unpaired) electrons. The van der Waals surface area contributed by atoms with E-state index < -0.39 is 39.2 Å². The number of rotatable bonds is 6. The quantitative estimate of drug-likeness (QED) is 0.396. The second-order valence-corrected chi connectivity index (χ2v) is 9.67. The third-order valence-electron chi connectivity index (χ3n) is 5.61. The summed E-state index contributed by atoms with van der Waals surface area (Å²) in [6, 6.07) is 6.05. The topological polar surface area (TPSA) is 75.1 Å². The molecule has 0 saturated heterocycles. The summed E-state index contributed by atoms with van der Waals surface area (Å²) in [6.07, 6.45) is -0.944. The van der Waals surface area contributed by atoms with Crippen LogP contribution in [0.5, 0.6) is 5.75 Å². The standard InChI is InChI=1S/C24H26F4N4O3S/c1-5-10-16(6-2)20(25)21-23(29-3)31(4)22-17(11-9-14-30-22)15-32(21)36(33,34)19-13-8-7-12-18(19)35-24(26,27)28/h5-14,20-21H,15H2,1-4H3/b10-5-,16-6+,29-23?. The monoisotopic (exact) mass is 526 g/mol. The van der Waals surface area contributed by atoms with Crippen LogP contribution in [0, 0.1) is 0 Å². The lowest BCUT2D eigenvalue weighted by atomic mass is 10.0. The maximum atomic E-state index is 16.3. The molecule has 0 N–H and O–H groups in total. The van der Waals surface area contributed by atoms with Crippen molar-refractivity contribution < 1.29 is 30.7 Å². The molecule has 12 heteroatoms. The van der Waals surface area contributed by atoms with Crippen molar-refractivity contribution in [3.05, 3.63) is 72.0 Å². The average Bonchev–Trinajstić information content (AvgIpc) is 2.96. The van der Waals surface area contributed by atoms with Gasteiger partial charge in [-0.3, -0.25) is 4.99 Å². The Morgan fingerprint density at radius 3 is 2.53 bits per heavy atom. The highest BCUT2D eigenvalue weighted by molar-refractivity contribution is 7.89. The van der Waals surface area contributed by atoms with Crippen LogP contribution in [-0.2, 0) is 16.6 Å². The first kappa shape index (κ1) is 27.3. The van der Waals surface area contributed by atoms with Crippen LogP contribution in [0.2, 0.25) is 0 Å². The van der Waals surface area contributed by atoms with Crippen LogP contribution in [0.3, 0.4) is 0 Å². The predicted molar refractivity (Wildman–Crippen MR) is 129 cm³/mol. The van der Waals surface area contributed by atoms with Gasteiger partial charge in [-0.1, -0.05) is 36.4 Å². The molecule has 1 aliphatic rings. The van der Waals surface area contributed by atoms with E-state index in [9.17, 15) is 21.6 Å². The number of anilines is 1. The van der Waals surface area contributed by atoms with Crippen LogP contribution in [-0.4, -0.2) is 56.2 Å². The minimum Gasteiger partial charge on any atom is -0.404 e. The minimum atomic E-state index is -5.14. The van der Waals surface area contributed by atoms with Crippen molar-refractivity contribution in [2.24, 2.45) is 4.99 Å². The maximum Gasteiger partial charge on any atom is 0.573 e. The first-order chi connectivity index (χ1) is 17.0. The Bertz CT molecular complexity index is 1290. The Kier molecular flexibility index (Phi) is 8.19. The number of aliphatic imine (C=N–C) groups is 1. The summed E-state index contributed by atoms with van der Waals surface area (Å²) in [5.41, 5.74) is 0.595. The lowest BCUT2D eigenvalue weighted by Gasteiger charge is -2.34. The largest absolute Gasteiger partial charge is 0.573 e. The number of fused-ring (bicyclic) bond motifs is 1. The van der Waals surface area contributed by atoms with E-state index in [1.807, 2.05) is 0 Å². The van der Waals surface area contributed by atoms with Crippen molar-refractivity contribution in [3.8, 4) is 5.75 Å². The fraction of sp³-hybridized carbons (Fsp3) is 0.333. The smallest absolute Gasteiger partial charge is 0.404 e. The summed E-state index contributed by atoms with van der Waals surface area (Å²) < 4.78 is 88.3. The van der Waals surface area contributed by atoms with E-state index in [1.54, 1.807) is 39.1 Å². The van der Waals surface area contributed by atoms with Gasteiger partial charge in [0.05, 0.1) is 0 Å². The van der Waals surface area contributed by atoms with Crippen molar-refractivity contribution in [3.63, 3.8) is 0 Å². The van der Waals surface area contributed by atoms with E-state index in [1.165, 1.54) is 42.4 Å². The van der Waals surface area contributed by atoms with Crippen molar-refractivity contribution in [1.29, 1.82) is 0 Å². The number of hydrogen-bond donors (Lipinski definition) is 0. The van der Waals surface area contributed by atoms with E-state index >= 15 is 4.39 Å². The molecule has 0 saturated carbocycles. The van der Waals surface area contributed by atoms with Crippen LogP contribution in [0.4, 0.5) is 23.4 Å². The summed E-state index contributed by atoms with van der Waals surface area (Å²) in [5, 5.41) is 0. The first-order valence-electron chi connectivity index (χ1n) is 10.9. The summed E-state index contributed by atoms with van der Waals surface area (Å²) in [6.45, 7) is 2.92. The molecule has 194 valence electrons. The molecule has 1 aromatic carbocycles. The lowest BCUT2D eigenvalue weighted by Crippen LogP contribution is -2.53. The van der Waals surface area contributed by atoms with Crippen LogP contribution in [0.25, 0.3) is 0 Å². The Balaban J connectivity index is 2.30. The number of benzene rings is 1. The highest BCUT2D eigenvalue weighted by Gasteiger charge is 2.46. The fourth-order valence-electron chi connectivity index (χ4n) is 4.07. The minimum absolute atomic E-state index is 0.0293. The second-order valence-electron chi connectivity index (χ2n) is 7.81. The van der Waals surface area contributed by atoms with E-state index in [0.717, 1.165) is 16.4 Å². The van der Waals surface area contributed by atoms with Crippen molar-refractivity contribution in [2.75, 3.05) is 19.0 Å². The van der Waals surface area contributed by atoms with Crippen LogP contribution < -0.4 is 9.64 Å². The molecular weight excluding hydrogens is 500 g/mol. The number of amidine groups is 1. The number of pyridine rings is 1. The second kappa shape index (κ2) is 10.8. The Labute approximate surface area is 207 Å². The van der Waals surface area contributed by atoms with Gasteiger partial charge in [0.1, 0.15) is 34.5 Å². The molecule has 36 heavy (non-hydrogen) atoms. The molecule has 2 atom stereocenters. The van der Waals surface area contributed by atoms with E-state index in [-0.39, 0.29) is 18.0 Å². The van der Waals surface area contributed by atoms with Gasteiger partial charge in [-0.05, 0) is 37.6 Å². The molecule has 3 rings (SSSR count). The number of aromatic nitrogens is 1. The molecular formula is C24H26F4N4O3S. The molecule has 2 heterocycles. The van der Waals surface area contributed by atoms with Gasteiger partial charge in [0.2, 0.25) is 10.0 Å². The van der Waals surface area contributed by atoms with Crippen LogP contribution in [0.1, 0.15) is 19.4 Å². The zero-order valence-corrected chi connectivity index (χ0v) is 20.9. The molecule has 2 unspecified atom stereocenters. The van der Waals surface area contributed by atoms with Gasteiger partial charge in [0.25, 0.3) is 0 Å². The number of likely N-dealkylation sites (N-methyl/N-ethyl adjacent to an activating group) is 1. The third kappa shape index (κ3) is 5.44. The number of nitrogens with zero attached hydrogens (tertiary/aromatic N) is 4. The SMILES string of the molecule is C/C=C\C(=C/C)C(F)C1C(=NC)N(C)c2ncccc2CN1S(=O)(=O)c1ccccc1OC(F)(F)F. The molecule has 0 fully saturated rings. The van der Waals surface area contributed by atoms with Gasteiger partial charge in [-0.15, -0.1) is 13.2 Å². The van der Waals surface area contributed by atoms with Gasteiger partial charge in [-0.25, -0.2) is 17.8 Å². The van der Waals surface area contributed by atoms with Gasteiger partial charge in [0.15, 0.2) is 0 Å². The van der Waals surface area contributed by atoms with Gasteiger partial charge in [-0.2, -0.15) is 4.31 Å². The Morgan fingerprint density at radius 1 is 1.22 bits per heavy atom. The molecule has 1 aliphatic heterocycles. The summed E-state index contributed by atoms with van der Waals surface area (Å²) in [7, 11) is -1.80. The predicted octanol–water partition coefficient (Wildman–Crippen LogP) is 4.88. The number of hydrogen-bond acceptors (Lipinski definition) is 5. The van der Waals surface area contributed by atoms with Crippen molar-refractivity contribution in [2.45, 2.75) is 43.9 Å². The number of para-hydroxylation sites is 1. The average molecular weight is 527 g/mol. The van der Waals surface area contributed by atoms with E-state index in [0.29, 0.717) is 11.4 Å². The van der Waals surface area contributed by atoms with Gasteiger partial charge < -0.3 is 9.64 Å². The van der Waals surface area contributed by atoms with Crippen LogP contribution in [0.15, 0.2) is 76.3 Å². The number of allylic oxidation sites excluding steroid dienone is 3. The number of ether oxygens (including phenoxy) is 1. The highest BCUT2D eigenvalue weighted by Crippen LogP contribution is 2.37. The third-order valence-corrected chi connectivity index (χ3v) is 7.48. The number of alkyl halides is 4. The van der Waals surface area contributed by atoms with Crippen LogP contribution >= 0.6 is 0 Å². The zero-order chi connectivity index (χ0) is 26.7. The molecule has 0 aliphatic carbocycles. The maximum absolute atomic E-state index is 16.3. The number of halogens is 4. The molecule has 0 amide bonds. The van der Waals surface area contributed by atoms with Crippen molar-refractivity contribution >= 4 is 21.7 Å². The van der Waals surface area contributed by atoms with Crippen molar-refractivity contribution in [1.82, 2.24) is 9.29 Å². The molecule has 0 spiro atoms. The Hall–Kier alpha value is -3.25. The molecule has 7 nitrogen and oxygen atoms in total. The van der Waals surface area contributed by atoms with E-state index in [4.69, 9.17) is 0 Å².